The molecule has 0 saturated carbocycles. The van der Waals surface area contributed by atoms with E-state index in [0.29, 0.717) is 0 Å². The normalized spacial score (nSPS) is 15.0. The molecular weight excluding hydrogens is 306 g/mol. The molecule has 0 amide bonds. The van der Waals surface area contributed by atoms with E-state index in [9.17, 15) is 22.3 Å². The third kappa shape index (κ3) is 4.70. The zero-order valence-corrected chi connectivity index (χ0v) is 12.7. The quantitative estimate of drug-likeness (QED) is 0.642. The molecule has 2 N–H and O–H groups in total. The fourth-order valence-electron chi connectivity index (χ4n) is 1.49. The Labute approximate surface area is 122 Å². The lowest BCUT2D eigenvalue weighted by Crippen LogP contribution is -2.34. The summed E-state index contributed by atoms with van der Waals surface area (Å²) in [4.78, 5) is 0. The minimum absolute atomic E-state index is 0.109. The van der Waals surface area contributed by atoms with Gasteiger partial charge in [0.2, 0.25) is 0 Å². The summed E-state index contributed by atoms with van der Waals surface area (Å²) in [6.07, 6.45) is -1.72. The Balaban J connectivity index is 2.75. The highest BCUT2D eigenvalue weighted by Gasteiger charge is 2.45. The topological polar surface area (TPSA) is 83.8 Å². The molecule has 0 heterocycles. The summed E-state index contributed by atoms with van der Waals surface area (Å²) < 4.78 is 59.4. The van der Waals surface area contributed by atoms with Crippen LogP contribution in [0.1, 0.15) is 38.2 Å². The molecule has 0 radical (unpaired) electrons. The fourth-order valence-corrected chi connectivity index (χ4v) is 1.71. The van der Waals surface area contributed by atoms with E-state index in [-0.39, 0.29) is 11.0 Å². The van der Waals surface area contributed by atoms with Crippen LogP contribution in [0.2, 0.25) is 0 Å². The lowest BCUT2D eigenvalue weighted by molar-refractivity contribution is -0.142. The maximum absolute atomic E-state index is 13.0. The Hall–Kier alpha value is -1.09. The Kier molecular flexibility index (Phi) is 5.09. The summed E-state index contributed by atoms with van der Waals surface area (Å²) in [6.45, 7) is 4.32. The van der Waals surface area contributed by atoms with Gasteiger partial charge in [0.25, 0.3) is 0 Å². The van der Waals surface area contributed by atoms with Gasteiger partial charge in [0.05, 0.1) is 0 Å². The molecule has 0 aliphatic carbocycles. The van der Waals surface area contributed by atoms with E-state index >= 15 is 0 Å². The van der Waals surface area contributed by atoms with Gasteiger partial charge in [0.15, 0.2) is 6.29 Å². The zero-order chi connectivity index (χ0) is 16.5. The first-order chi connectivity index (χ1) is 9.34. The third-order valence-electron chi connectivity index (χ3n) is 2.85. The van der Waals surface area contributed by atoms with Gasteiger partial charge in [-0.25, -0.2) is 0 Å². The lowest BCUT2D eigenvalue weighted by atomic mass is 9.87. The van der Waals surface area contributed by atoms with Crippen molar-refractivity contribution in [1.82, 2.24) is 0 Å². The summed E-state index contributed by atoms with van der Waals surface area (Å²) in [5, 5.41) is 5.14. The summed E-state index contributed by atoms with van der Waals surface area (Å²) >= 11 is 0. The predicted molar refractivity (Wildman–Crippen MR) is 72.5 cm³/mol. The molecule has 120 valence electrons. The van der Waals surface area contributed by atoms with Gasteiger partial charge in [-0.15, -0.1) is 0 Å². The average molecular weight is 324 g/mol. The van der Waals surface area contributed by atoms with Gasteiger partial charge in [-0.05, 0) is 11.0 Å². The van der Waals surface area contributed by atoms with E-state index in [0.717, 1.165) is 5.56 Å². The van der Waals surface area contributed by atoms with E-state index in [1.165, 1.54) is 12.1 Å². The van der Waals surface area contributed by atoms with E-state index in [1.807, 2.05) is 20.8 Å². The molecule has 1 aromatic carbocycles. The largest absolute Gasteiger partial charge is 0.392 e. The fraction of sp³-hybridized carbons (Fsp3) is 0.538. The number of benzene rings is 1. The van der Waals surface area contributed by atoms with Crippen LogP contribution in [0.25, 0.3) is 0 Å². The van der Waals surface area contributed by atoms with E-state index < -0.39 is 28.3 Å². The van der Waals surface area contributed by atoms with Crippen LogP contribution in [0.3, 0.4) is 0 Å². The van der Waals surface area contributed by atoms with Crippen molar-refractivity contribution in [2.24, 2.45) is 0 Å². The molecule has 1 unspecified atom stereocenters. The van der Waals surface area contributed by atoms with Crippen LogP contribution < -0.4 is 0 Å². The van der Waals surface area contributed by atoms with Crippen LogP contribution in [-0.2, 0) is 20.3 Å². The highest BCUT2D eigenvalue weighted by molar-refractivity contribution is 7.86. The molecule has 8 heteroatoms. The van der Waals surface area contributed by atoms with Crippen LogP contribution in [-0.4, -0.2) is 29.9 Å². The third-order valence-corrected chi connectivity index (χ3v) is 3.72. The van der Waals surface area contributed by atoms with Gasteiger partial charge in [0, 0.05) is 5.56 Å². The predicted octanol–water partition coefficient (Wildman–Crippen LogP) is 2.47. The molecule has 0 fully saturated rings. The molecular formula is C13H18F2O5S. The number of aliphatic hydroxyl groups is 1. The Morgan fingerprint density at radius 3 is 2.05 bits per heavy atom. The van der Waals surface area contributed by atoms with Gasteiger partial charge in [-0.2, -0.15) is 17.2 Å². The average Bonchev–Trinajstić information content (AvgIpc) is 2.34. The second-order valence-electron chi connectivity index (χ2n) is 5.65. The van der Waals surface area contributed by atoms with Gasteiger partial charge in [-0.1, -0.05) is 45.0 Å². The van der Waals surface area contributed by atoms with Crippen molar-refractivity contribution in [1.29, 1.82) is 0 Å². The molecule has 0 saturated heterocycles. The van der Waals surface area contributed by atoms with Crippen LogP contribution in [0.4, 0.5) is 8.78 Å². The highest BCUT2D eigenvalue weighted by atomic mass is 32.2. The molecule has 0 aliphatic heterocycles. The van der Waals surface area contributed by atoms with Gasteiger partial charge < -0.3 is 9.84 Å². The first-order valence-electron chi connectivity index (χ1n) is 6.09. The molecule has 1 rings (SSSR count). The van der Waals surface area contributed by atoms with Crippen molar-refractivity contribution in [3.63, 3.8) is 0 Å². The maximum Gasteiger partial charge on any atom is 0.392 e. The monoisotopic (exact) mass is 324 g/mol. The van der Waals surface area contributed by atoms with E-state index in [4.69, 9.17) is 4.55 Å². The van der Waals surface area contributed by atoms with Crippen LogP contribution in [0, 0.1) is 0 Å². The molecule has 0 aromatic heterocycles. The first-order valence-corrected chi connectivity index (χ1v) is 7.53. The first kappa shape index (κ1) is 18.0. The highest BCUT2D eigenvalue weighted by Crippen LogP contribution is 2.26. The Bertz CT molecular complexity index is 576. The molecule has 0 bridgehead atoms. The van der Waals surface area contributed by atoms with Crippen molar-refractivity contribution >= 4 is 10.1 Å². The summed E-state index contributed by atoms with van der Waals surface area (Å²) in [7, 11) is -5.58. The van der Waals surface area contributed by atoms with Crippen molar-refractivity contribution in [3.8, 4) is 0 Å². The van der Waals surface area contributed by atoms with Crippen molar-refractivity contribution in [2.45, 2.75) is 37.7 Å². The van der Waals surface area contributed by atoms with Crippen molar-refractivity contribution in [2.75, 3.05) is 6.61 Å². The second-order valence-corrected chi connectivity index (χ2v) is 7.20. The number of hydrogen-bond donors (Lipinski definition) is 2. The van der Waals surface area contributed by atoms with Gasteiger partial charge >= 0.3 is 15.4 Å². The minimum Gasteiger partial charge on any atom is -0.364 e. The smallest absolute Gasteiger partial charge is 0.364 e. The number of rotatable bonds is 5. The van der Waals surface area contributed by atoms with Crippen LogP contribution in [0.15, 0.2) is 24.3 Å². The summed E-state index contributed by atoms with van der Waals surface area (Å²) in [6, 6.07) is 6.42. The molecule has 5 nitrogen and oxygen atoms in total. The Morgan fingerprint density at radius 1 is 1.19 bits per heavy atom. The zero-order valence-electron chi connectivity index (χ0n) is 11.9. The summed E-state index contributed by atoms with van der Waals surface area (Å²) in [5.41, 5.74) is 1.07. The van der Waals surface area contributed by atoms with Crippen LogP contribution in [0.5, 0.6) is 0 Å². The van der Waals surface area contributed by atoms with Crippen molar-refractivity contribution in [3.05, 3.63) is 35.4 Å². The molecule has 1 atom stereocenters. The van der Waals surface area contributed by atoms with Gasteiger partial charge in [-0.3, -0.25) is 4.55 Å². The number of alkyl halides is 2. The Morgan fingerprint density at radius 2 is 1.67 bits per heavy atom. The van der Waals surface area contributed by atoms with Crippen LogP contribution >= 0.6 is 0 Å². The van der Waals surface area contributed by atoms with Crippen molar-refractivity contribution < 1.29 is 31.6 Å². The van der Waals surface area contributed by atoms with E-state index in [2.05, 4.69) is 4.74 Å². The van der Waals surface area contributed by atoms with E-state index in [1.54, 1.807) is 12.1 Å². The number of halogens is 2. The summed E-state index contributed by atoms with van der Waals surface area (Å²) in [5.74, 6) is 0. The maximum atomic E-state index is 13.0. The van der Waals surface area contributed by atoms with Gasteiger partial charge in [0.1, 0.15) is 6.61 Å². The number of hydrogen-bond acceptors (Lipinski definition) is 4. The molecule has 0 spiro atoms. The molecule has 0 aliphatic rings. The number of ether oxygens (including phenoxy) is 1. The standard InChI is InChI=1S/C13H18F2O5S/c1-12(2,3)10-6-4-9(5-7-10)11(16)20-8-13(14,15)21(17,18)19/h4-7,11,16H,8H2,1-3H3,(H,17,18,19). The lowest BCUT2D eigenvalue weighted by Gasteiger charge is -2.20. The molecule has 21 heavy (non-hydrogen) atoms. The number of aliphatic hydroxyl groups excluding tert-OH is 1. The minimum atomic E-state index is -5.58. The second kappa shape index (κ2) is 5.96. The SMILES string of the molecule is CC(C)(C)c1ccc(C(O)OCC(F)(F)S(=O)(=O)O)cc1. The molecule has 1 aromatic rings.